The summed E-state index contributed by atoms with van der Waals surface area (Å²) in [5, 5.41) is 16.8. The van der Waals surface area contributed by atoms with Crippen molar-refractivity contribution in [1.82, 2.24) is 36.4 Å². The highest BCUT2D eigenvalue weighted by molar-refractivity contribution is 6.30. The Bertz CT molecular complexity index is 2870. The van der Waals surface area contributed by atoms with Gasteiger partial charge in [-0.15, -0.1) is 0 Å². The van der Waals surface area contributed by atoms with E-state index in [1.54, 1.807) is 18.2 Å². The van der Waals surface area contributed by atoms with E-state index >= 15 is 0 Å². The number of nitrogens with one attached hydrogen (secondary N) is 5. The standard InChI is InChI=1S/C39H47ClN4O3.C30H36N4O2/c40-33-19-16-29(17-20-33)18-21-37(45)42-27-34-23-25-44(28-35(31-12-6-2-7-13-31)32-14-8-3-9-15-32)39(47)36(43-34)22-24-41-38(46)26-30-10-4-1-5-11-30;31-19-16-28-30(36)34(22-27(23-10-4-1-5-11-23)24-12-6-2-7-13-24)21-18-26(33-28)17-20-32-29(35)25-14-8-3-9-15-25/h2-3,6-9,12-21,30,34-36,43H,1,4-5,10-11,22-28H2,(H,41,46)(H,42,45);1-15,26-28,33H,16-22,31H2,(H,32,35)/t34-,36-;26-,28+/m01/s1. The summed E-state index contributed by atoms with van der Waals surface area (Å²) in [4.78, 5) is 69.6. The van der Waals surface area contributed by atoms with Crippen LogP contribution in [-0.4, -0.2) is 116 Å². The van der Waals surface area contributed by atoms with E-state index in [4.69, 9.17) is 17.3 Å². The van der Waals surface area contributed by atoms with E-state index < -0.39 is 6.04 Å². The second kappa shape index (κ2) is 33.0. The highest BCUT2D eigenvalue weighted by Gasteiger charge is 2.34. The summed E-state index contributed by atoms with van der Waals surface area (Å²) < 4.78 is 0. The quantitative estimate of drug-likeness (QED) is 0.0344. The molecule has 13 nitrogen and oxygen atoms in total. The van der Waals surface area contributed by atoms with Gasteiger partial charge in [-0.2, -0.15) is 0 Å². The maximum atomic E-state index is 14.1. The molecule has 0 unspecified atom stereocenters. The SMILES string of the molecule is NCC[C@@H]1N[C@H](CCNC(=O)c2ccccc2)CCN(CC(c2ccccc2)c2ccccc2)C1=O.O=C(C=Cc1ccc(Cl)cc1)NC[C@@H]1CCN(CC(c2ccccc2)c2ccccc2)C(=O)[C@H](CCNC(=O)CC2CCCCC2)N1. The minimum absolute atomic E-state index is 0.0199. The van der Waals surface area contributed by atoms with Gasteiger partial charge in [-0.25, -0.2) is 0 Å². The smallest absolute Gasteiger partial charge is 0.251 e. The largest absolute Gasteiger partial charge is 0.356 e. The van der Waals surface area contributed by atoms with Gasteiger partial charge in [-0.1, -0.05) is 183 Å². The van der Waals surface area contributed by atoms with Crippen molar-refractivity contribution in [3.05, 3.63) is 220 Å². The van der Waals surface area contributed by atoms with Crippen molar-refractivity contribution < 1.29 is 24.0 Å². The van der Waals surface area contributed by atoms with E-state index in [2.05, 4.69) is 75.1 Å². The molecule has 4 atom stereocenters. The van der Waals surface area contributed by atoms with E-state index in [9.17, 15) is 24.0 Å². The van der Waals surface area contributed by atoms with Gasteiger partial charge in [0.2, 0.25) is 23.6 Å². The normalized spacial score (nSPS) is 18.7. The van der Waals surface area contributed by atoms with Gasteiger partial charge in [0.05, 0.1) is 12.1 Å². The lowest BCUT2D eigenvalue weighted by atomic mass is 9.87. The van der Waals surface area contributed by atoms with Crippen molar-refractivity contribution in [3.8, 4) is 0 Å². The first-order valence-electron chi connectivity index (χ1n) is 29.9. The number of halogens is 1. The summed E-state index contributed by atoms with van der Waals surface area (Å²) in [5.41, 5.74) is 12.1. The van der Waals surface area contributed by atoms with Gasteiger partial charge < -0.3 is 42.1 Å². The fourth-order valence-corrected chi connectivity index (χ4v) is 11.8. The maximum Gasteiger partial charge on any atom is 0.251 e. The molecule has 0 spiro atoms. The Morgan fingerprint density at radius 3 is 1.54 bits per heavy atom. The monoisotopic (exact) mass is 1140 g/mol. The third-order valence-corrected chi connectivity index (χ3v) is 16.5. The van der Waals surface area contributed by atoms with Gasteiger partial charge in [-0.05, 0) is 116 Å². The molecule has 2 aliphatic heterocycles. The number of carbonyl (C=O) groups is 5. The molecule has 1 saturated carbocycles. The fraction of sp³-hybridized carbons (Fsp3) is 0.377. The lowest BCUT2D eigenvalue weighted by Gasteiger charge is -2.29. The van der Waals surface area contributed by atoms with Crippen molar-refractivity contribution in [1.29, 1.82) is 0 Å². The second-order valence-electron chi connectivity index (χ2n) is 22.2. The molecule has 2 heterocycles. The number of amides is 5. The summed E-state index contributed by atoms with van der Waals surface area (Å²) in [6.45, 7) is 4.19. The molecule has 3 fully saturated rings. The van der Waals surface area contributed by atoms with Crippen LogP contribution in [-0.2, 0) is 19.2 Å². The van der Waals surface area contributed by atoms with Crippen LogP contribution in [0.15, 0.2) is 182 Å². The molecular weight excluding hydrogens is 1060 g/mol. The van der Waals surface area contributed by atoms with Gasteiger partial charge in [-0.3, -0.25) is 24.0 Å². The number of carbonyl (C=O) groups excluding carboxylic acids is 5. The summed E-state index contributed by atoms with van der Waals surface area (Å²) in [6.07, 6.45) is 13.1. The number of hydrogen-bond acceptors (Lipinski definition) is 8. The van der Waals surface area contributed by atoms with Gasteiger partial charge >= 0.3 is 0 Å². The predicted molar refractivity (Wildman–Crippen MR) is 333 cm³/mol. The van der Waals surface area contributed by atoms with Crippen LogP contribution in [0.3, 0.4) is 0 Å². The summed E-state index contributed by atoms with van der Waals surface area (Å²) in [6, 6.07) is 57.1. The number of nitrogens with zero attached hydrogens (tertiary/aromatic N) is 2. The molecule has 7 N–H and O–H groups in total. The molecule has 3 aliphatic rings. The lowest BCUT2D eigenvalue weighted by Crippen LogP contribution is -2.50. The minimum Gasteiger partial charge on any atom is -0.356 e. The zero-order valence-electron chi connectivity index (χ0n) is 47.8. The molecule has 436 valence electrons. The molecule has 6 aromatic carbocycles. The molecule has 0 aromatic heterocycles. The molecule has 0 radical (unpaired) electrons. The number of benzene rings is 6. The highest BCUT2D eigenvalue weighted by atomic mass is 35.5. The fourth-order valence-electron chi connectivity index (χ4n) is 11.6. The third kappa shape index (κ3) is 19.6. The van der Waals surface area contributed by atoms with E-state index in [0.29, 0.717) is 94.5 Å². The average molecular weight is 1140 g/mol. The van der Waals surface area contributed by atoms with Crippen molar-refractivity contribution in [2.75, 3.05) is 52.4 Å². The van der Waals surface area contributed by atoms with Gasteiger partial charge in [0, 0.05) is 92.8 Å². The van der Waals surface area contributed by atoms with Gasteiger partial charge in [0.25, 0.3) is 5.91 Å². The van der Waals surface area contributed by atoms with E-state index in [1.165, 1.54) is 36.5 Å². The number of rotatable bonds is 23. The Morgan fingerprint density at radius 2 is 1.02 bits per heavy atom. The van der Waals surface area contributed by atoms with Crippen molar-refractivity contribution in [3.63, 3.8) is 0 Å². The van der Waals surface area contributed by atoms with E-state index in [1.807, 2.05) is 125 Å². The molecule has 2 saturated heterocycles. The summed E-state index contributed by atoms with van der Waals surface area (Å²) in [7, 11) is 0. The maximum absolute atomic E-state index is 14.1. The molecule has 0 bridgehead atoms. The molecule has 9 rings (SSSR count). The topological polar surface area (TPSA) is 178 Å². The molecule has 14 heteroatoms. The second-order valence-corrected chi connectivity index (χ2v) is 22.6. The van der Waals surface area contributed by atoms with Crippen molar-refractivity contribution in [2.45, 2.75) is 107 Å². The van der Waals surface area contributed by atoms with Gasteiger partial charge in [0.1, 0.15) is 0 Å². The first-order chi connectivity index (χ1) is 40.6. The Labute approximate surface area is 496 Å². The molecule has 5 amide bonds. The Hall–Kier alpha value is -7.42. The molecule has 6 aromatic rings. The summed E-state index contributed by atoms with van der Waals surface area (Å²) >= 11 is 5.97. The zero-order valence-corrected chi connectivity index (χ0v) is 48.5. The van der Waals surface area contributed by atoms with Crippen LogP contribution >= 0.6 is 11.6 Å². The average Bonchev–Trinajstić information content (AvgIpc) is 3.78. The van der Waals surface area contributed by atoms with Crippen LogP contribution in [0.5, 0.6) is 0 Å². The lowest BCUT2D eigenvalue weighted by molar-refractivity contribution is -0.133. The predicted octanol–water partition coefficient (Wildman–Crippen LogP) is 9.88. The Kier molecular flexibility index (Phi) is 24.5. The van der Waals surface area contributed by atoms with E-state index in [-0.39, 0.29) is 59.5 Å². The van der Waals surface area contributed by atoms with E-state index in [0.717, 1.165) is 42.4 Å². The van der Waals surface area contributed by atoms with Crippen molar-refractivity contribution >= 4 is 47.2 Å². The van der Waals surface area contributed by atoms with Crippen LogP contribution in [0.1, 0.15) is 121 Å². The van der Waals surface area contributed by atoms with Crippen LogP contribution < -0.4 is 32.3 Å². The molecular formula is C69H83ClN8O5. The zero-order chi connectivity index (χ0) is 58.0. The summed E-state index contributed by atoms with van der Waals surface area (Å²) in [5.74, 6) is 0.504. The van der Waals surface area contributed by atoms with Crippen LogP contribution in [0.25, 0.3) is 6.08 Å². The molecule has 1 aliphatic carbocycles. The Balaban J connectivity index is 0.000000225. The van der Waals surface area contributed by atoms with Gasteiger partial charge in [0.15, 0.2) is 0 Å². The first-order valence-corrected chi connectivity index (χ1v) is 30.3. The number of nitrogens with two attached hydrogens (primary N) is 1. The Morgan fingerprint density at radius 1 is 0.554 bits per heavy atom. The van der Waals surface area contributed by atoms with Crippen molar-refractivity contribution in [2.24, 2.45) is 11.7 Å². The van der Waals surface area contributed by atoms with Crippen LogP contribution in [0.4, 0.5) is 0 Å². The molecule has 83 heavy (non-hydrogen) atoms. The highest BCUT2D eigenvalue weighted by Crippen LogP contribution is 2.30. The van der Waals surface area contributed by atoms with Crippen LogP contribution in [0, 0.1) is 5.92 Å². The first kappa shape index (κ1) is 61.6. The number of hydrogen-bond donors (Lipinski definition) is 6. The minimum atomic E-state index is -0.480. The van der Waals surface area contributed by atoms with Crippen LogP contribution in [0.2, 0.25) is 5.02 Å². The third-order valence-electron chi connectivity index (χ3n) is 16.2.